The Hall–Kier alpha value is -13.1. The van der Waals surface area contributed by atoms with E-state index in [0.29, 0.717) is 207 Å². The summed E-state index contributed by atoms with van der Waals surface area (Å²) in [6.45, 7) is 10.3. The van der Waals surface area contributed by atoms with Gasteiger partial charge in [0.25, 0.3) is 41.4 Å². The number of nitrogens with zero attached hydrogens (tertiary/aromatic N) is 14. The summed E-state index contributed by atoms with van der Waals surface area (Å²) < 4.78 is 117. The Labute approximate surface area is 787 Å². The van der Waals surface area contributed by atoms with Gasteiger partial charge in [-0.05, 0) is 201 Å². The maximum Gasteiger partial charge on any atom is 0.414 e. The van der Waals surface area contributed by atoms with E-state index in [2.05, 4.69) is 45.6 Å². The number of aliphatic hydroxyl groups excluding tert-OH is 1. The molecule has 0 radical (unpaired) electrons. The lowest BCUT2D eigenvalue weighted by atomic mass is 9.95. The van der Waals surface area contributed by atoms with Crippen LogP contribution < -0.4 is 31.3 Å². The Morgan fingerprint density at radius 2 is 0.838 bits per heavy atom. The molecule has 15 heterocycles. The van der Waals surface area contributed by atoms with Gasteiger partial charge in [0.15, 0.2) is 0 Å². The fourth-order valence-corrected chi connectivity index (χ4v) is 19.1. The molecule has 9 aromatic heterocycles. The standard InChI is InChI=1S/C26H28ClFN4O4S.C24H28FN5O4S.C23H25FN6O3.C23H25FN4O3/c1-26(28)5-8-31(9-6-26)25(34)19-12-17-2-7-32(23(17)29-16-19)22-14-18(13-20(27)15-22)24(33)30-21-3-10-37(35,36)11-4-21;1-24(25)7-12-29(13-8-24)23(32)19-14-17-6-11-30(21(17)27-16-19)20-5-3-4-18(15-20)22(31)26-9-10-28-35(2,33)34;1-23(24)3-6-28(7-4-23)21(31)16-8-15-2-5-29(20(15)27-11-16)17-9-18(13-26-12-17)30-14-19(10-25)33-22(30)32;1-23(24)6-10-27(11-7-23)22(31)18-13-16-5-9-28(20(16)26-15-18)19-4-2-3-17(14-19)21(30)25-8-12-29/h2,7,12-16,21H,3-6,8-11H2,1H3,(H,30,33);3-6,11,14-16,28H,7-10,12-13H2,1-2H3,(H,26,31);2,5,8-9,11-13,19H,3-4,6-7,10,14,25H2,1H3;2-5,9,13-15,29H,6-8,10-12H2,1H3,(H,25,30)/t;;19-;/m..1./s1. The van der Waals surface area contributed by atoms with E-state index in [1.54, 1.807) is 162 Å². The van der Waals surface area contributed by atoms with Gasteiger partial charge in [-0.25, -0.2) is 63.8 Å². The van der Waals surface area contributed by atoms with Crippen molar-refractivity contribution in [1.82, 2.24) is 83.5 Å². The third-order valence-corrected chi connectivity index (χ3v) is 27.8. The van der Waals surface area contributed by atoms with Crippen molar-refractivity contribution in [3.05, 3.63) is 227 Å². The van der Waals surface area contributed by atoms with Crippen molar-refractivity contribution in [2.24, 2.45) is 5.73 Å². The highest BCUT2D eigenvalue weighted by Gasteiger charge is 2.38. The van der Waals surface area contributed by atoms with Gasteiger partial charge in [0.05, 0.1) is 76.9 Å². The minimum atomic E-state index is -3.31. The Morgan fingerprint density at radius 3 is 1.21 bits per heavy atom. The predicted octanol–water partition coefficient (Wildman–Crippen LogP) is 11.6. The summed E-state index contributed by atoms with van der Waals surface area (Å²) in [5.74, 6) is -1.39. The minimum absolute atomic E-state index is 0.0667. The van der Waals surface area contributed by atoms with Crippen molar-refractivity contribution >= 4 is 129 Å². The van der Waals surface area contributed by atoms with Crippen LogP contribution in [0.4, 0.5) is 28.0 Å². The number of rotatable bonds is 20. The summed E-state index contributed by atoms with van der Waals surface area (Å²) in [6.07, 6.45) is 20.4. The van der Waals surface area contributed by atoms with Crippen LogP contribution in [0.5, 0.6) is 0 Å². The van der Waals surface area contributed by atoms with E-state index in [4.69, 9.17) is 27.2 Å². The minimum Gasteiger partial charge on any atom is -0.443 e. The predicted molar refractivity (Wildman–Crippen MR) is 506 cm³/mol. The lowest BCUT2D eigenvalue weighted by Gasteiger charge is -2.34. The van der Waals surface area contributed by atoms with Gasteiger partial charge in [0.1, 0.15) is 61.2 Å². The summed E-state index contributed by atoms with van der Waals surface area (Å²) in [5.41, 5.74) is 9.80. The fourth-order valence-electron chi connectivity index (χ4n) is 16.9. The van der Waals surface area contributed by atoms with Crippen LogP contribution in [-0.4, -0.2) is 276 Å². The number of halogens is 5. The highest BCUT2D eigenvalue weighted by molar-refractivity contribution is 7.91. The van der Waals surface area contributed by atoms with E-state index >= 15 is 0 Å². The highest BCUT2D eigenvalue weighted by Crippen LogP contribution is 2.35. The number of fused-ring (bicyclic) bond motifs is 4. The summed E-state index contributed by atoms with van der Waals surface area (Å²) in [5, 5.41) is 20.6. The third-order valence-electron chi connectivity index (χ3n) is 25.2. The number of sulfone groups is 1. The van der Waals surface area contributed by atoms with Gasteiger partial charge in [-0.2, -0.15) is 0 Å². The van der Waals surface area contributed by atoms with Gasteiger partial charge in [0, 0.05) is 194 Å². The molecule has 40 heteroatoms. The highest BCUT2D eigenvalue weighted by atomic mass is 35.5. The molecule has 0 unspecified atom stereocenters. The Morgan fingerprint density at radius 1 is 0.471 bits per heavy atom. The number of likely N-dealkylation sites (tertiary alicyclic amines) is 4. The largest absolute Gasteiger partial charge is 0.443 e. The second-order valence-corrected chi connectivity index (χ2v) is 40.5. The van der Waals surface area contributed by atoms with E-state index in [9.17, 15) is 72.8 Å². The molecule has 136 heavy (non-hydrogen) atoms. The van der Waals surface area contributed by atoms with E-state index in [1.165, 1.54) is 17.3 Å². The van der Waals surface area contributed by atoms with E-state index in [1.807, 2.05) is 74.8 Å². The number of hydrogen-bond acceptors (Lipinski definition) is 20. The normalized spacial score (nSPS) is 17.9. The molecule has 716 valence electrons. The first-order chi connectivity index (χ1) is 64.7. The number of carbonyl (C=O) groups is 8. The summed E-state index contributed by atoms with van der Waals surface area (Å²) >= 11 is 6.35. The number of nitrogens with two attached hydrogens (primary N) is 1. The first-order valence-corrected chi connectivity index (χ1v) is 48.9. The van der Waals surface area contributed by atoms with E-state index in [-0.39, 0.29) is 97.8 Å². The number of anilines is 1. The molecule has 0 aliphatic carbocycles. The number of ether oxygens (including phenoxy) is 1. The summed E-state index contributed by atoms with van der Waals surface area (Å²) in [4.78, 5) is 132. The summed E-state index contributed by atoms with van der Waals surface area (Å²) in [7, 11) is -6.34. The number of aliphatic hydroxyl groups is 1. The van der Waals surface area contributed by atoms with E-state index < -0.39 is 48.6 Å². The van der Waals surface area contributed by atoms with Crippen LogP contribution >= 0.6 is 11.6 Å². The quantitative estimate of drug-likeness (QED) is 0.0305. The van der Waals surface area contributed by atoms with Crippen LogP contribution in [0, 0.1) is 0 Å². The average Bonchev–Trinajstić information content (AvgIpc) is 1.63. The van der Waals surface area contributed by atoms with Crippen molar-refractivity contribution in [3.8, 4) is 22.7 Å². The molecule has 7 N–H and O–H groups in total. The van der Waals surface area contributed by atoms with Gasteiger partial charge in [-0.3, -0.25) is 48.0 Å². The van der Waals surface area contributed by atoms with Crippen molar-refractivity contribution in [3.63, 3.8) is 0 Å². The van der Waals surface area contributed by atoms with Gasteiger partial charge < -0.3 is 64.8 Å². The lowest BCUT2D eigenvalue weighted by molar-refractivity contribution is 0.0493. The first-order valence-electron chi connectivity index (χ1n) is 44.8. The lowest BCUT2D eigenvalue weighted by Crippen LogP contribution is -2.43. The van der Waals surface area contributed by atoms with Gasteiger partial charge in [-0.15, -0.1) is 0 Å². The van der Waals surface area contributed by atoms with Crippen LogP contribution in [0.15, 0.2) is 183 Å². The molecule has 3 aromatic carbocycles. The van der Waals surface area contributed by atoms with Crippen molar-refractivity contribution < 1.29 is 82.6 Å². The molecule has 0 saturated carbocycles. The smallest absolute Gasteiger partial charge is 0.414 e. The second-order valence-electron chi connectivity index (χ2n) is 36.0. The second kappa shape index (κ2) is 40.8. The number of alkyl halides is 4. The Bertz CT molecular complexity index is 6750. The molecule has 6 fully saturated rings. The molecule has 6 aliphatic heterocycles. The molecule has 1 atom stereocenters. The third kappa shape index (κ3) is 23.7. The zero-order valence-corrected chi connectivity index (χ0v) is 78.0. The number of pyridine rings is 5. The number of nitrogens with one attached hydrogen (secondary N) is 4. The number of piperidine rings is 4. The number of aromatic nitrogens is 9. The van der Waals surface area contributed by atoms with Crippen molar-refractivity contribution in [2.45, 2.75) is 127 Å². The summed E-state index contributed by atoms with van der Waals surface area (Å²) in [6, 6.07) is 35.2. The molecule has 6 saturated heterocycles. The molecule has 33 nitrogen and oxygen atoms in total. The topological polar surface area (TPSA) is 409 Å². The Balaban J connectivity index is 0.000000138. The van der Waals surface area contributed by atoms with Crippen LogP contribution in [-0.2, 0) is 24.6 Å². The monoisotopic (exact) mass is 1920 g/mol. The maximum atomic E-state index is 14.1. The van der Waals surface area contributed by atoms with Crippen molar-refractivity contribution in [2.75, 3.05) is 114 Å². The average molecular weight is 1930 g/mol. The van der Waals surface area contributed by atoms with Gasteiger partial charge in [0.2, 0.25) is 10.0 Å². The number of benzene rings is 3. The van der Waals surface area contributed by atoms with Crippen LogP contribution in [0.25, 0.3) is 66.9 Å². The number of cyclic esters (lactones) is 1. The van der Waals surface area contributed by atoms with E-state index in [0.717, 1.165) is 39.2 Å². The van der Waals surface area contributed by atoms with Crippen LogP contribution in [0.1, 0.15) is 164 Å². The molecule has 18 rings (SSSR count). The van der Waals surface area contributed by atoms with Gasteiger partial charge in [-0.1, -0.05) is 23.7 Å². The molecular weight excluding hydrogens is 1820 g/mol. The molecule has 12 aromatic rings. The number of sulfonamides is 1. The maximum absolute atomic E-state index is 14.1. The molecule has 0 spiro atoms. The SMILES string of the molecule is CC1(F)CCN(C(=O)c2cnc3c(ccn3-c3cc(Cl)cc(C(=O)NC4CCS(=O)(=O)CC4)c3)c2)CC1.CC1(F)CCN(C(=O)c2cnc3c(ccn3-c3cccc(C(=O)NCCNS(C)(=O)=O)c3)c2)CC1.CC1(F)CCN(C(=O)c2cnc3c(ccn3-c3cccc(C(=O)NCCO)c3)c2)CC1.CC1(F)CCN(C(=O)c2cnc3c(ccn3-c3cncc(N4C[C@@H](CN)OC4=O)c3)c2)CC1. The van der Waals surface area contributed by atoms with Gasteiger partial charge >= 0.3 is 6.09 Å². The number of carbonyl (C=O) groups excluding carboxylic acids is 8. The molecular formula is C96H106ClF4N19O14S2. The fraction of sp³-hybridized carbons (Fsp3) is 0.385. The Kier molecular flexibility index (Phi) is 29.3. The van der Waals surface area contributed by atoms with Crippen LogP contribution in [0.3, 0.4) is 0 Å². The number of hydrogen-bond donors (Lipinski definition) is 6. The number of amides is 8. The zero-order valence-electron chi connectivity index (χ0n) is 75.7. The van der Waals surface area contributed by atoms with Crippen molar-refractivity contribution in [1.29, 1.82) is 0 Å². The molecule has 0 bridgehead atoms. The first kappa shape index (κ1) is 97.5. The molecule has 8 amide bonds. The van der Waals surface area contributed by atoms with Crippen LogP contribution in [0.2, 0.25) is 5.02 Å². The zero-order chi connectivity index (χ0) is 96.8. The molecule has 6 aliphatic rings.